The number of nitrogens with one attached hydrogen (secondary N) is 2. The normalized spacial score (nSPS) is 15.4. The van der Waals surface area contributed by atoms with Crippen LogP contribution in [0.15, 0.2) is 60.7 Å². The molecule has 1 saturated carbocycles. The Morgan fingerprint density at radius 1 is 1.00 bits per heavy atom. The zero-order valence-electron chi connectivity index (χ0n) is 19.1. The van der Waals surface area contributed by atoms with Crippen molar-refractivity contribution in [1.82, 2.24) is 5.32 Å². The van der Waals surface area contributed by atoms with Gasteiger partial charge >= 0.3 is 12.0 Å². The molecule has 1 fully saturated rings. The van der Waals surface area contributed by atoms with E-state index >= 15 is 0 Å². The minimum Gasteiger partial charge on any atom is -0.480 e. The minimum absolute atomic E-state index is 0.0104. The van der Waals surface area contributed by atoms with Gasteiger partial charge < -0.3 is 16.6 Å². The zero-order chi connectivity index (χ0) is 25.0. The summed E-state index contributed by atoms with van der Waals surface area (Å²) in [7, 11) is 0. The van der Waals surface area contributed by atoms with Gasteiger partial charge in [-0.3, -0.25) is 15.4 Å². The topological polar surface area (TPSA) is 148 Å². The number of amides is 3. The molecule has 1 aromatic heterocycles. The molecule has 0 radical (unpaired) electrons. The van der Waals surface area contributed by atoms with Crippen molar-refractivity contribution in [1.29, 1.82) is 0 Å². The van der Waals surface area contributed by atoms with Crippen LogP contribution in [-0.4, -0.2) is 23.0 Å². The summed E-state index contributed by atoms with van der Waals surface area (Å²) in [5, 5.41) is 16.5. The van der Waals surface area contributed by atoms with Crippen LogP contribution < -0.4 is 22.1 Å². The van der Waals surface area contributed by atoms with Crippen molar-refractivity contribution < 1.29 is 19.5 Å². The monoisotopic (exact) mass is 492 g/mol. The van der Waals surface area contributed by atoms with Crippen LogP contribution in [0.1, 0.15) is 47.2 Å². The minimum atomic E-state index is -1.16. The first-order chi connectivity index (χ1) is 16.8. The third kappa shape index (κ3) is 5.06. The van der Waals surface area contributed by atoms with Crippen molar-refractivity contribution in [3.63, 3.8) is 0 Å². The summed E-state index contributed by atoms with van der Waals surface area (Å²) in [5.74, 6) is -1.51. The average Bonchev–Trinajstić information content (AvgIpc) is 3.51. The van der Waals surface area contributed by atoms with Crippen molar-refractivity contribution in [3.8, 4) is 10.4 Å². The molecular weight excluding hydrogens is 464 g/mol. The third-order valence-electron chi connectivity index (χ3n) is 6.58. The smallest absolute Gasteiger partial charge is 0.328 e. The van der Waals surface area contributed by atoms with E-state index in [0.29, 0.717) is 11.5 Å². The van der Waals surface area contributed by atoms with Crippen LogP contribution in [0.5, 0.6) is 0 Å². The number of carboxylic acid groups (broad SMARTS) is 1. The number of hydrogen-bond donors (Lipinski definition) is 5. The lowest BCUT2D eigenvalue weighted by Crippen LogP contribution is -2.53. The number of carbonyl (C=O) groups is 3. The first kappa shape index (κ1) is 24.4. The number of thiophene rings is 1. The van der Waals surface area contributed by atoms with Gasteiger partial charge in [-0.25, -0.2) is 9.59 Å². The summed E-state index contributed by atoms with van der Waals surface area (Å²) in [5.41, 5.74) is 12.2. The highest BCUT2D eigenvalue weighted by Gasteiger charge is 2.47. The van der Waals surface area contributed by atoms with Crippen LogP contribution in [0, 0.1) is 5.92 Å². The molecule has 2 aromatic carbocycles. The number of rotatable bonds is 9. The predicted molar refractivity (Wildman–Crippen MR) is 136 cm³/mol. The molecule has 1 heterocycles. The van der Waals surface area contributed by atoms with Crippen molar-refractivity contribution >= 4 is 34.2 Å². The van der Waals surface area contributed by atoms with E-state index in [0.717, 1.165) is 47.3 Å². The number of carbonyl (C=O) groups excluding carboxylic acids is 2. The Morgan fingerprint density at radius 3 is 2.23 bits per heavy atom. The Labute approximate surface area is 207 Å². The highest BCUT2D eigenvalue weighted by molar-refractivity contribution is 7.20. The molecular formula is C26H28N4O4S. The lowest BCUT2D eigenvalue weighted by atomic mass is 9.76. The van der Waals surface area contributed by atoms with Crippen molar-refractivity contribution in [2.24, 2.45) is 17.4 Å². The fourth-order valence-corrected chi connectivity index (χ4v) is 5.94. The van der Waals surface area contributed by atoms with E-state index in [1.54, 1.807) is 6.07 Å². The van der Waals surface area contributed by atoms with Crippen LogP contribution in [0.3, 0.4) is 0 Å². The Morgan fingerprint density at radius 2 is 1.66 bits per heavy atom. The van der Waals surface area contributed by atoms with Gasteiger partial charge in [0.2, 0.25) is 0 Å². The van der Waals surface area contributed by atoms with E-state index in [-0.39, 0.29) is 11.5 Å². The lowest BCUT2D eigenvalue weighted by Gasteiger charge is -2.37. The van der Waals surface area contributed by atoms with Gasteiger partial charge in [-0.15, -0.1) is 11.3 Å². The molecule has 3 amide bonds. The molecule has 0 unspecified atom stereocenters. The highest BCUT2D eigenvalue weighted by atomic mass is 32.1. The average molecular weight is 493 g/mol. The molecule has 8 nitrogen and oxygen atoms in total. The first-order valence-corrected chi connectivity index (χ1v) is 12.3. The van der Waals surface area contributed by atoms with Gasteiger partial charge in [-0.05, 0) is 41.5 Å². The van der Waals surface area contributed by atoms with Crippen molar-refractivity contribution in [3.05, 3.63) is 77.4 Å². The molecule has 1 atom stereocenters. The Balaban J connectivity index is 1.58. The summed E-state index contributed by atoms with van der Waals surface area (Å²) >= 11 is 1.20. The van der Waals surface area contributed by atoms with Crippen LogP contribution in [0.2, 0.25) is 0 Å². The number of carboxylic acids is 1. The van der Waals surface area contributed by atoms with E-state index in [9.17, 15) is 19.5 Å². The van der Waals surface area contributed by atoms with Gasteiger partial charge in [0, 0.05) is 11.4 Å². The quantitative estimate of drug-likeness (QED) is 0.303. The largest absolute Gasteiger partial charge is 0.480 e. The van der Waals surface area contributed by atoms with Gasteiger partial charge in [-0.1, -0.05) is 67.4 Å². The SMILES string of the molecule is NC(=O)Nc1sc(-c2ccc(CN[C@](C(=O)O)(c3ccccc3)C3CCCC3)cc2)cc1C(N)=O. The summed E-state index contributed by atoms with van der Waals surface area (Å²) in [6, 6.07) is 17.9. The summed E-state index contributed by atoms with van der Waals surface area (Å²) in [4.78, 5) is 36.4. The molecule has 0 bridgehead atoms. The maximum atomic E-state index is 12.7. The molecule has 182 valence electrons. The number of nitrogens with two attached hydrogens (primary N) is 2. The molecule has 0 spiro atoms. The van der Waals surface area contributed by atoms with E-state index in [4.69, 9.17) is 11.5 Å². The maximum Gasteiger partial charge on any atom is 0.328 e. The van der Waals surface area contributed by atoms with Crippen LogP contribution >= 0.6 is 11.3 Å². The van der Waals surface area contributed by atoms with Crippen molar-refractivity contribution in [2.45, 2.75) is 37.8 Å². The molecule has 0 saturated heterocycles. The van der Waals surface area contributed by atoms with Gasteiger partial charge in [0.05, 0.1) is 5.56 Å². The standard InChI is InChI=1S/C26H28N4O4S/c27-22(31)20-14-21(35-23(20)30-25(28)34)17-12-10-16(11-13-17)15-29-26(24(32)33,19-8-4-5-9-19)18-6-2-1-3-7-18/h1-3,6-7,10-14,19,29H,4-5,8-9,15H2,(H2,27,31)(H,32,33)(H3,28,30,34)/t26-/m1/s1. The second-order valence-corrected chi connectivity index (χ2v) is 9.77. The first-order valence-electron chi connectivity index (χ1n) is 11.4. The molecule has 3 aromatic rings. The van der Waals surface area contributed by atoms with Crippen LogP contribution in [0.4, 0.5) is 9.80 Å². The van der Waals surface area contributed by atoms with Gasteiger partial charge in [0.1, 0.15) is 10.5 Å². The van der Waals surface area contributed by atoms with Crippen LogP contribution in [-0.2, 0) is 16.9 Å². The lowest BCUT2D eigenvalue weighted by molar-refractivity contribution is -0.148. The van der Waals surface area contributed by atoms with E-state index in [1.807, 2.05) is 54.6 Å². The summed E-state index contributed by atoms with van der Waals surface area (Å²) in [6.07, 6.45) is 3.80. The number of primary amides is 2. The Bertz CT molecular complexity index is 1220. The molecule has 1 aliphatic carbocycles. The fourth-order valence-electron chi connectivity index (χ4n) is 4.87. The van der Waals surface area contributed by atoms with Gasteiger partial charge in [-0.2, -0.15) is 0 Å². The third-order valence-corrected chi connectivity index (χ3v) is 7.68. The van der Waals surface area contributed by atoms with E-state index in [2.05, 4.69) is 10.6 Å². The van der Waals surface area contributed by atoms with Crippen LogP contribution in [0.25, 0.3) is 10.4 Å². The van der Waals surface area contributed by atoms with Gasteiger partial charge in [0.15, 0.2) is 0 Å². The number of benzene rings is 2. The Hall–Kier alpha value is -3.69. The second kappa shape index (κ2) is 10.3. The molecule has 1 aliphatic rings. The predicted octanol–water partition coefficient (Wildman–Crippen LogP) is 4.26. The second-order valence-electron chi connectivity index (χ2n) is 8.72. The van der Waals surface area contributed by atoms with E-state index in [1.165, 1.54) is 11.3 Å². The molecule has 9 heteroatoms. The van der Waals surface area contributed by atoms with Crippen molar-refractivity contribution in [2.75, 3.05) is 5.32 Å². The van der Waals surface area contributed by atoms with Gasteiger partial charge in [0.25, 0.3) is 5.91 Å². The molecule has 35 heavy (non-hydrogen) atoms. The number of anilines is 1. The number of hydrogen-bond acceptors (Lipinski definition) is 5. The zero-order valence-corrected chi connectivity index (χ0v) is 19.9. The molecule has 4 rings (SSSR count). The number of aliphatic carboxylic acids is 1. The van der Waals surface area contributed by atoms with E-state index < -0.39 is 23.4 Å². The highest BCUT2D eigenvalue weighted by Crippen LogP contribution is 2.41. The fraction of sp³-hybridized carbons (Fsp3) is 0.269. The Kier molecular flexibility index (Phi) is 7.18. The summed E-state index contributed by atoms with van der Waals surface area (Å²) in [6.45, 7) is 0.378. The maximum absolute atomic E-state index is 12.7. The number of urea groups is 1. The molecule has 7 N–H and O–H groups in total. The summed E-state index contributed by atoms with van der Waals surface area (Å²) < 4.78 is 0. The molecule has 0 aliphatic heterocycles.